The molecule has 2 atom stereocenters. The summed E-state index contributed by atoms with van der Waals surface area (Å²) >= 11 is 0. The van der Waals surface area contributed by atoms with E-state index in [1.807, 2.05) is 0 Å². The van der Waals surface area contributed by atoms with Crippen LogP contribution in [-0.2, 0) is 0 Å². The highest BCUT2D eigenvalue weighted by Crippen LogP contribution is 2.41. The molecule has 1 spiro atoms. The van der Waals surface area contributed by atoms with Crippen LogP contribution in [0.3, 0.4) is 0 Å². The van der Waals surface area contributed by atoms with Gasteiger partial charge in [-0.25, -0.2) is 0 Å². The maximum atomic E-state index is 2.78. The van der Waals surface area contributed by atoms with E-state index in [9.17, 15) is 0 Å². The van der Waals surface area contributed by atoms with E-state index in [1.54, 1.807) is 0 Å². The van der Waals surface area contributed by atoms with Gasteiger partial charge in [0, 0.05) is 6.54 Å². The smallest absolute Gasteiger partial charge is 0.000966 e. The minimum absolute atomic E-state index is 0.710. The second kappa shape index (κ2) is 7.97. The van der Waals surface area contributed by atoms with Crippen molar-refractivity contribution in [2.75, 3.05) is 39.8 Å². The largest absolute Gasteiger partial charge is 0.306 e. The Labute approximate surface area is 133 Å². The van der Waals surface area contributed by atoms with Crippen molar-refractivity contribution < 1.29 is 0 Å². The lowest BCUT2D eigenvalue weighted by atomic mass is 9.71. The van der Waals surface area contributed by atoms with E-state index in [-0.39, 0.29) is 0 Å². The van der Waals surface area contributed by atoms with Gasteiger partial charge < -0.3 is 9.80 Å². The molecule has 0 aromatic rings. The minimum atomic E-state index is 0.710. The van der Waals surface area contributed by atoms with Crippen molar-refractivity contribution in [2.45, 2.75) is 65.7 Å². The molecule has 2 nitrogen and oxygen atoms in total. The Morgan fingerprint density at radius 3 is 2.00 bits per heavy atom. The van der Waals surface area contributed by atoms with E-state index < -0.39 is 0 Å². The third-order valence-electron chi connectivity index (χ3n) is 6.49. The zero-order chi connectivity index (χ0) is 15.3. The van der Waals surface area contributed by atoms with Crippen molar-refractivity contribution in [1.82, 2.24) is 9.80 Å². The summed E-state index contributed by atoms with van der Waals surface area (Å²) in [6.07, 6.45) is 9.94. The van der Waals surface area contributed by atoms with Gasteiger partial charge in [-0.3, -0.25) is 0 Å². The second-order valence-electron chi connectivity index (χ2n) is 8.13. The molecule has 2 saturated heterocycles. The number of hydrogen-bond acceptors (Lipinski definition) is 2. The van der Waals surface area contributed by atoms with Crippen LogP contribution in [0.25, 0.3) is 0 Å². The van der Waals surface area contributed by atoms with Crippen LogP contribution in [0.5, 0.6) is 0 Å². The summed E-state index contributed by atoms with van der Waals surface area (Å²) in [4.78, 5) is 5.29. The average Bonchev–Trinajstić information content (AvgIpc) is 2.51. The predicted molar refractivity (Wildman–Crippen MR) is 92.7 cm³/mol. The first-order valence-electron chi connectivity index (χ1n) is 9.48. The molecule has 0 saturated carbocycles. The molecule has 2 rings (SSSR count). The van der Waals surface area contributed by atoms with Crippen molar-refractivity contribution in [3.8, 4) is 0 Å². The Morgan fingerprint density at radius 1 is 0.905 bits per heavy atom. The molecule has 0 aliphatic carbocycles. The van der Waals surface area contributed by atoms with Crippen LogP contribution in [0, 0.1) is 17.3 Å². The number of piperidine rings is 2. The summed E-state index contributed by atoms with van der Waals surface area (Å²) < 4.78 is 0. The van der Waals surface area contributed by atoms with Gasteiger partial charge in [0.2, 0.25) is 0 Å². The third-order valence-corrected chi connectivity index (χ3v) is 6.49. The maximum absolute atomic E-state index is 2.78. The highest BCUT2D eigenvalue weighted by atomic mass is 15.1. The molecule has 2 unspecified atom stereocenters. The van der Waals surface area contributed by atoms with E-state index in [1.165, 1.54) is 77.7 Å². The van der Waals surface area contributed by atoms with Gasteiger partial charge in [-0.05, 0) is 82.6 Å². The molecule has 21 heavy (non-hydrogen) atoms. The van der Waals surface area contributed by atoms with Crippen molar-refractivity contribution in [2.24, 2.45) is 17.3 Å². The summed E-state index contributed by atoms with van der Waals surface area (Å²) in [5.74, 6) is 1.83. The number of nitrogens with zero attached hydrogens (tertiary/aromatic N) is 2. The molecule has 2 fully saturated rings. The average molecular weight is 295 g/mol. The first kappa shape index (κ1) is 17.3. The molecule has 0 amide bonds. The normalized spacial score (nSPS) is 26.9. The summed E-state index contributed by atoms with van der Waals surface area (Å²) in [5, 5.41) is 0. The van der Waals surface area contributed by atoms with E-state index >= 15 is 0 Å². The van der Waals surface area contributed by atoms with Crippen LogP contribution in [0.4, 0.5) is 0 Å². The molecule has 2 heteroatoms. The van der Waals surface area contributed by atoms with Gasteiger partial charge in [0.15, 0.2) is 0 Å². The van der Waals surface area contributed by atoms with Crippen molar-refractivity contribution in [3.63, 3.8) is 0 Å². The summed E-state index contributed by atoms with van der Waals surface area (Å²) in [5.41, 5.74) is 0.710. The highest BCUT2D eigenvalue weighted by Gasteiger charge is 2.36. The molecule has 0 N–H and O–H groups in total. The standard InChI is InChI=1S/C19H38N2/c1-5-17(3)15-18(6-2)16-21-13-9-19(10-14-21)7-11-20(4)12-8-19/h17-18H,5-16H2,1-4H3. The Hall–Kier alpha value is -0.0800. The molecule has 0 aromatic heterocycles. The molecule has 2 heterocycles. The van der Waals surface area contributed by atoms with Gasteiger partial charge in [-0.1, -0.05) is 33.6 Å². The Balaban J connectivity index is 1.75. The van der Waals surface area contributed by atoms with Crippen molar-refractivity contribution in [1.29, 1.82) is 0 Å². The van der Waals surface area contributed by atoms with Crippen LogP contribution in [0.2, 0.25) is 0 Å². The van der Waals surface area contributed by atoms with E-state index in [4.69, 9.17) is 0 Å². The van der Waals surface area contributed by atoms with Gasteiger partial charge in [0.25, 0.3) is 0 Å². The Bertz CT molecular complexity index is 284. The zero-order valence-corrected chi connectivity index (χ0v) is 15.0. The lowest BCUT2D eigenvalue weighted by Gasteiger charge is -2.47. The monoisotopic (exact) mass is 294 g/mol. The maximum Gasteiger partial charge on any atom is 0.000966 e. The fourth-order valence-corrected chi connectivity index (χ4v) is 4.27. The van der Waals surface area contributed by atoms with Gasteiger partial charge in [0.05, 0.1) is 0 Å². The molecular weight excluding hydrogens is 256 g/mol. The van der Waals surface area contributed by atoms with Gasteiger partial charge in [0.1, 0.15) is 0 Å². The molecular formula is C19H38N2. The first-order chi connectivity index (χ1) is 10.1. The van der Waals surface area contributed by atoms with Crippen molar-refractivity contribution in [3.05, 3.63) is 0 Å². The molecule has 0 radical (unpaired) electrons. The summed E-state index contributed by atoms with van der Waals surface area (Å²) in [6.45, 7) is 13.9. The minimum Gasteiger partial charge on any atom is -0.306 e. The Kier molecular flexibility index (Phi) is 6.55. The lowest BCUT2D eigenvalue weighted by molar-refractivity contribution is 0.0356. The van der Waals surface area contributed by atoms with Gasteiger partial charge >= 0.3 is 0 Å². The number of hydrogen-bond donors (Lipinski definition) is 0. The SMILES string of the molecule is CCC(C)CC(CC)CN1CCC2(CCN(C)CC2)CC1. The molecule has 2 aliphatic heterocycles. The fraction of sp³-hybridized carbons (Fsp3) is 1.00. The van der Waals surface area contributed by atoms with Gasteiger partial charge in [-0.2, -0.15) is 0 Å². The predicted octanol–water partition coefficient (Wildman–Crippen LogP) is 4.26. The fourth-order valence-electron chi connectivity index (χ4n) is 4.27. The topological polar surface area (TPSA) is 6.48 Å². The first-order valence-corrected chi connectivity index (χ1v) is 9.48. The highest BCUT2D eigenvalue weighted by molar-refractivity contribution is 4.90. The lowest BCUT2D eigenvalue weighted by Crippen LogP contribution is -2.46. The molecule has 0 bridgehead atoms. The van der Waals surface area contributed by atoms with Gasteiger partial charge in [-0.15, -0.1) is 0 Å². The number of likely N-dealkylation sites (tertiary alicyclic amines) is 2. The van der Waals surface area contributed by atoms with Crippen LogP contribution in [0.15, 0.2) is 0 Å². The summed E-state index contributed by atoms with van der Waals surface area (Å²) in [7, 11) is 2.28. The van der Waals surface area contributed by atoms with E-state index in [0.29, 0.717) is 5.41 Å². The zero-order valence-electron chi connectivity index (χ0n) is 15.0. The van der Waals surface area contributed by atoms with Crippen LogP contribution in [-0.4, -0.2) is 49.6 Å². The van der Waals surface area contributed by atoms with Crippen molar-refractivity contribution >= 4 is 0 Å². The van der Waals surface area contributed by atoms with Crippen LogP contribution in [0.1, 0.15) is 65.7 Å². The second-order valence-corrected chi connectivity index (χ2v) is 8.13. The van der Waals surface area contributed by atoms with Crippen LogP contribution >= 0.6 is 0 Å². The van der Waals surface area contributed by atoms with E-state index in [0.717, 1.165) is 11.8 Å². The molecule has 2 aliphatic rings. The Morgan fingerprint density at radius 2 is 1.48 bits per heavy atom. The molecule has 124 valence electrons. The summed E-state index contributed by atoms with van der Waals surface area (Å²) in [6, 6.07) is 0. The molecule has 0 aromatic carbocycles. The number of rotatable bonds is 6. The third kappa shape index (κ3) is 4.96. The van der Waals surface area contributed by atoms with Crippen LogP contribution < -0.4 is 0 Å². The van der Waals surface area contributed by atoms with E-state index in [2.05, 4.69) is 37.6 Å². The quantitative estimate of drug-likeness (QED) is 0.722.